The Hall–Kier alpha value is -1.97. The smallest absolute Gasteiger partial charge is 0.224 e. The van der Waals surface area contributed by atoms with E-state index in [-0.39, 0.29) is 18.5 Å². The van der Waals surface area contributed by atoms with Crippen molar-refractivity contribution in [3.63, 3.8) is 0 Å². The van der Waals surface area contributed by atoms with E-state index in [0.717, 1.165) is 0 Å². The van der Waals surface area contributed by atoms with E-state index in [4.69, 9.17) is 5.73 Å². The molecule has 9 heteroatoms. The molecule has 9 nitrogen and oxygen atoms in total. The minimum Gasteiger partial charge on any atom is -0.396 e. The van der Waals surface area contributed by atoms with Gasteiger partial charge in [0, 0.05) is 19.6 Å². The summed E-state index contributed by atoms with van der Waals surface area (Å²) in [6, 6.07) is -0.416. The predicted octanol–water partition coefficient (Wildman–Crippen LogP) is -1.27. The third-order valence-corrected chi connectivity index (χ3v) is 4.04. The van der Waals surface area contributed by atoms with E-state index in [1.54, 1.807) is 17.9 Å². The number of hydrogen-bond donors (Lipinski definition) is 5. The molecule has 114 valence electrons. The second-order valence-corrected chi connectivity index (χ2v) is 5.23. The molecule has 2 heterocycles. The Labute approximate surface area is 120 Å². The van der Waals surface area contributed by atoms with Crippen LogP contribution in [0.4, 0.5) is 11.8 Å². The van der Waals surface area contributed by atoms with Gasteiger partial charge in [0.05, 0.1) is 18.5 Å². The molecule has 2 aromatic heterocycles. The van der Waals surface area contributed by atoms with Gasteiger partial charge in [0.25, 0.3) is 0 Å². The van der Waals surface area contributed by atoms with E-state index in [1.807, 2.05) is 0 Å². The number of nitrogens with zero attached hydrogens (tertiary/aromatic N) is 4. The van der Waals surface area contributed by atoms with Gasteiger partial charge in [-0.05, 0) is 6.42 Å². The van der Waals surface area contributed by atoms with E-state index in [2.05, 4.69) is 20.3 Å². The van der Waals surface area contributed by atoms with Crippen molar-refractivity contribution in [2.24, 2.45) is 5.92 Å². The summed E-state index contributed by atoms with van der Waals surface area (Å²) in [5.74, 6) is 0.230. The van der Waals surface area contributed by atoms with Gasteiger partial charge in [-0.1, -0.05) is 0 Å². The Morgan fingerprint density at radius 1 is 1.38 bits per heavy atom. The average molecular weight is 294 g/mol. The summed E-state index contributed by atoms with van der Waals surface area (Å²) >= 11 is 0. The first-order valence-electron chi connectivity index (χ1n) is 6.71. The quantitative estimate of drug-likeness (QED) is 0.471. The van der Waals surface area contributed by atoms with Crippen LogP contribution in [-0.4, -0.2) is 60.7 Å². The molecule has 4 atom stereocenters. The third kappa shape index (κ3) is 2.09. The average Bonchev–Trinajstić information content (AvgIpc) is 3.01. The summed E-state index contributed by atoms with van der Waals surface area (Å²) in [5.41, 5.74) is 6.72. The van der Waals surface area contributed by atoms with Crippen molar-refractivity contribution in [2.75, 3.05) is 24.7 Å². The Morgan fingerprint density at radius 2 is 2.14 bits per heavy atom. The van der Waals surface area contributed by atoms with Crippen molar-refractivity contribution in [3.05, 3.63) is 6.33 Å². The Kier molecular flexibility index (Phi) is 3.40. The first kappa shape index (κ1) is 14.0. The molecule has 1 aliphatic rings. The standard InChI is InChI=1S/C12H18N6O3/c1-14-10-7-11(17-12(13)16-10)18(4-15-7)6-2-5(3-19)8(20)9(6)21/h4-6,8-9,19-21H,2-3H2,1H3,(H3,13,14,16,17)/t5?,6-,8-,9+/m1/s1. The van der Waals surface area contributed by atoms with Crippen molar-refractivity contribution in [3.8, 4) is 0 Å². The third-order valence-electron chi connectivity index (χ3n) is 4.04. The van der Waals surface area contributed by atoms with E-state index in [1.165, 1.54) is 0 Å². The van der Waals surface area contributed by atoms with Gasteiger partial charge in [-0.3, -0.25) is 0 Å². The highest BCUT2D eigenvalue weighted by Crippen LogP contribution is 2.37. The minimum atomic E-state index is -0.992. The van der Waals surface area contributed by atoms with Crippen molar-refractivity contribution < 1.29 is 15.3 Å². The molecule has 0 aromatic carbocycles. The molecule has 0 aliphatic heterocycles. The second kappa shape index (κ2) is 5.10. The molecule has 0 bridgehead atoms. The van der Waals surface area contributed by atoms with Crippen LogP contribution < -0.4 is 11.1 Å². The lowest BCUT2D eigenvalue weighted by Gasteiger charge is -2.18. The number of nitrogen functional groups attached to an aromatic ring is 1. The Morgan fingerprint density at radius 3 is 2.76 bits per heavy atom. The van der Waals surface area contributed by atoms with Gasteiger partial charge in [-0.15, -0.1) is 0 Å². The highest BCUT2D eigenvalue weighted by atomic mass is 16.3. The number of aromatic nitrogens is 4. The summed E-state index contributed by atoms with van der Waals surface area (Å²) in [4.78, 5) is 12.5. The van der Waals surface area contributed by atoms with Crippen molar-refractivity contribution in [2.45, 2.75) is 24.7 Å². The highest BCUT2D eigenvalue weighted by Gasteiger charge is 2.42. The lowest BCUT2D eigenvalue weighted by Crippen LogP contribution is -2.30. The number of nitrogens with two attached hydrogens (primary N) is 1. The molecule has 0 amide bonds. The number of fused-ring (bicyclic) bond motifs is 1. The summed E-state index contributed by atoms with van der Waals surface area (Å²) in [5, 5.41) is 32.3. The fourth-order valence-electron chi connectivity index (χ4n) is 2.91. The highest BCUT2D eigenvalue weighted by molar-refractivity contribution is 5.84. The van der Waals surface area contributed by atoms with Crippen LogP contribution in [0.2, 0.25) is 0 Å². The molecule has 0 spiro atoms. The Balaban J connectivity index is 2.07. The van der Waals surface area contributed by atoms with Crippen LogP contribution in [0, 0.1) is 5.92 Å². The first-order chi connectivity index (χ1) is 10.1. The fourth-order valence-corrected chi connectivity index (χ4v) is 2.91. The largest absolute Gasteiger partial charge is 0.396 e. The molecule has 1 fully saturated rings. The van der Waals surface area contributed by atoms with Crippen molar-refractivity contribution in [1.29, 1.82) is 0 Å². The monoisotopic (exact) mass is 294 g/mol. The molecule has 0 saturated heterocycles. The van der Waals surface area contributed by atoms with Crippen LogP contribution in [0.3, 0.4) is 0 Å². The van der Waals surface area contributed by atoms with E-state index < -0.39 is 18.2 Å². The number of rotatable bonds is 3. The minimum absolute atomic E-state index is 0.0975. The number of nitrogens with one attached hydrogen (secondary N) is 1. The maximum absolute atomic E-state index is 10.2. The zero-order valence-corrected chi connectivity index (χ0v) is 11.5. The summed E-state index contributed by atoms with van der Waals surface area (Å²) in [7, 11) is 1.70. The molecule has 1 saturated carbocycles. The van der Waals surface area contributed by atoms with Crippen molar-refractivity contribution in [1.82, 2.24) is 19.5 Å². The molecular formula is C12H18N6O3. The van der Waals surface area contributed by atoms with Gasteiger partial charge in [0.1, 0.15) is 6.10 Å². The van der Waals surface area contributed by atoms with E-state index in [0.29, 0.717) is 23.4 Å². The van der Waals surface area contributed by atoms with Crippen molar-refractivity contribution >= 4 is 22.9 Å². The molecule has 2 aromatic rings. The fraction of sp³-hybridized carbons (Fsp3) is 0.583. The van der Waals surface area contributed by atoms with Gasteiger partial charge in [0.15, 0.2) is 17.0 Å². The normalized spacial score (nSPS) is 29.1. The summed E-state index contributed by atoms with van der Waals surface area (Å²) in [6.07, 6.45) is 0.0116. The maximum Gasteiger partial charge on any atom is 0.224 e. The van der Waals surface area contributed by atoms with Crippen LogP contribution >= 0.6 is 0 Å². The number of imidazole rings is 1. The number of anilines is 2. The summed E-state index contributed by atoms with van der Waals surface area (Å²) < 4.78 is 1.68. The molecule has 1 aliphatic carbocycles. The van der Waals surface area contributed by atoms with Gasteiger partial charge in [0.2, 0.25) is 5.95 Å². The number of aliphatic hydroxyl groups is 3. The zero-order chi connectivity index (χ0) is 15.1. The van der Waals surface area contributed by atoms with Gasteiger partial charge < -0.3 is 30.9 Å². The Bertz CT molecular complexity index is 660. The molecule has 3 rings (SSSR count). The van der Waals surface area contributed by atoms with Crippen LogP contribution in [0.15, 0.2) is 6.33 Å². The number of aliphatic hydroxyl groups excluding tert-OH is 3. The maximum atomic E-state index is 10.2. The molecule has 1 unspecified atom stereocenters. The lowest BCUT2D eigenvalue weighted by atomic mass is 10.1. The molecule has 21 heavy (non-hydrogen) atoms. The molecule has 0 radical (unpaired) electrons. The van der Waals surface area contributed by atoms with Crippen LogP contribution in [0.5, 0.6) is 0 Å². The van der Waals surface area contributed by atoms with Gasteiger partial charge in [-0.2, -0.15) is 9.97 Å². The summed E-state index contributed by atoms with van der Waals surface area (Å²) in [6.45, 7) is -0.180. The van der Waals surface area contributed by atoms with Crippen LogP contribution in [0.25, 0.3) is 11.2 Å². The van der Waals surface area contributed by atoms with E-state index in [9.17, 15) is 15.3 Å². The lowest BCUT2D eigenvalue weighted by molar-refractivity contribution is -0.00370. The van der Waals surface area contributed by atoms with Crippen LogP contribution in [-0.2, 0) is 0 Å². The SMILES string of the molecule is CNc1nc(N)nc2c1ncn2[C@@H]1CC(CO)[C@@H](O)[C@H]1O. The van der Waals surface area contributed by atoms with Crippen LogP contribution in [0.1, 0.15) is 12.5 Å². The zero-order valence-electron chi connectivity index (χ0n) is 11.5. The molecular weight excluding hydrogens is 276 g/mol. The first-order valence-corrected chi connectivity index (χ1v) is 6.71. The van der Waals surface area contributed by atoms with Gasteiger partial charge in [-0.25, -0.2) is 4.98 Å². The second-order valence-electron chi connectivity index (χ2n) is 5.23. The van der Waals surface area contributed by atoms with E-state index >= 15 is 0 Å². The predicted molar refractivity (Wildman–Crippen MR) is 75.5 cm³/mol. The number of hydrogen-bond acceptors (Lipinski definition) is 8. The van der Waals surface area contributed by atoms with Gasteiger partial charge >= 0.3 is 0 Å². The topological polar surface area (TPSA) is 142 Å². The molecule has 6 N–H and O–H groups in total.